The maximum absolute atomic E-state index is 7.61. The Balaban J connectivity index is -0.00000000600. The SMILES string of the molecule is CC(O)O.CC(O)O.O.O.O.O.[Rh].[Rh]. The molecule has 0 spiro atoms. The van der Waals surface area contributed by atoms with E-state index in [-0.39, 0.29) is 60.9 Å². The number of hydrogen-bond donors (Lipinski definition) is 4. The van der Waals surface area contributed by atoms with E-state index in [1.807, 2.05) is 0 Å². The standard InChI is InChI=1S/2C2H6O2.4H2O.2Rh/c2*1-2(3)4;;;;;;/h2*2-4H,1H3;4*1H2;;. The molecule has 0 atom stereocenters. The van der Waals surface area contributed by atoms with Gasteiger partial charge in [-0.15, -0.1) is 0 Å². The van der Waals surface area contributed by atoms with E-state index in [2.05, 4.69) is 0 Å². The van der Waals surface area contributed by atoms with Crippen LogP contribution in [0.5, 0.6) is 0 Å². The maximum atomic E-state index is 7.61. The molecule has 0 aromatic carbocycles. The van der Waals surface area contributed by atoms with Crippen LogP contribution in [0.2, 0.25) is 0 Å². The van der Waals surface area contributed by atoms with E-state index in [1.54, 1.807) is 0 Å². The van der Waals surface area contributed by atoms with Crippen LogP contribution >= 0.6 is 0 Å². The predicted molar refractivity (Wildman–Crippen MR) is 42.3 cm³/mol. The number of hydrogen-bond acceptors (Lipinski definition) is 4. The van der Waals surface area contributed by atoms with Gasteiger partial charge in [0.25, 0.3) is 0 Å². The molecular formula is C4H20O8Rh2. The molecule has 0 saturated heterocycles. The molecule has 0 rings (SSSR count). The van der Waals surface area contributed by atoms with Gasteiger partial charge < -0.3 is 42.3 Å². The van der Waals surface area contributed by atoms with Crippen molar-refractivity contribution in [1.82, 2.24) is 0 Å². The van der Waals surface area contributed by atoms with Gasteiger partial charge in [0.2, 0.25) is 0 Å². The zero-order valence-corrected chi connectivity index (χ0v) is 10.9. The Hall–Kier alpha value is 0.927. The second kappa shape index (κ2) is 48.5. The first-order valence-electron chi connectivity index (χ1n) is 2.19. The summed E-state index contributed by atoms with van der Waals surface area (Å²) in [5.41, 5.74) is 0. The third kappa shape index (κ3) is 2140. The smallest absolute Gasteiger partial charge is 0.148 e. The van der Waals surface area contributed by atoms with Crippen molar-refractivity contribution in [2.24, 2.45) is 0 Å². The third-order valence-corrected chi connectivity index (χ3v) is 0. The second-order valence-electron chi connectivity index (χ2n) is 1.26. The van der Waals surface area contributed by atoms with Gasteiger partial charge in [0, 0.05) is 39.0 Å². The average molecular weight is 402 g/mol. The van der Waals surface area contributed by atoms with Gasteiger partial charge in [0.1, 0.15) is 12.6 Å². The van der Waals surface area contributed by atoms with E-state index in [0.717, 1.165) is 0 Å². The van der Waals surface area contributed by atoms with E-state index in [0.29, 0.717) is 0 Å². The summed E-state index contributed by atoms with van der Waals surface area (Å²) in [5.74, 6) is 0. The van der Waals surface area contributed by atoms with Crippen LogP contribution in [-0.2, 0) is 39.0 Å². The molecule has 0 aromatic heterocycles. The van der Waals surface area contributed by atoms with Gasteiger partial charge in [-0.05, 0) is 13.8 Å². The van der Waals surface area contributed by atoms with Crippen LogP contribution in [0, 0.1) is 0 Å². The second-order valence-corrected chi connectivity index (χ2v) is 1.26. The van der Waals surface area contributed by atoms with E-state index >= 15 is 0 Å². The van der Waals surface area contributed by atoms with Crippen molar-refractivity contribution in [2.75, 3.05) is 0 Å². The molecule has 0 unspecified atom stereocenters. The van der Waals surface area contributed by atoms with Gasteiger partial charge in [-0.2, -0.15) is 0 Å². The number of aliphatic hydroxyl groups excluding tert-OH is 2. The zero-order chi connectivity index (χ0) is 7.15. The molecule has 0 aliphatic heterocycles. The van der Waals surface area contributed by atoms with Crippen LogP contribution in [-0.4, -0.2) is 54.9 Å². The molecule has 0 amide bonds. The van der Waals surface area contributed by atoms with Gasteiger partial charge in [-0.3, -0.25) is 0 Å². The van der Waals surface area contributed by atoms with E-state index in [4.69, 9.17) is 20.4 Å². The molecule has 10 heteroatoms. The minimum Gasteiger partial charge on any atom is -0.412 e. The topological polar surface area (TPSA) is 207 Å². The van der Waals surface area contributed by atoms with Crippen molar-refractivity contribution in [2.45, 2.75) is 26.4 Å². The van der Waals surface area contributed by atoms with Crippen LogP contribution in [0.4, 0.5) is 0 Å². The van der Waals surface area contributed by atoms with Crippen LogP contribution in [0.3, 0.4) is 0 Å². The van der Waals surface area contributed by atoms with E-state index in [9.17, 15) is 0 Å². The molecule has 14 heavy (non-hydrogen) atoms. The van der Waals surface area contributed by atoms with Gasteiger partial charge >= 0.3 is 0 Å². The van der Waals surface area contributed by atoms with Crippen LogP contribution in [0.1, 0.15) is 13.8 Å². The van der Waals surface area contributed by atoms with Crippen molar-refractivity contribution in [1.29, 1.82) is 0 Å². The van der Waals surface area contributed by atoms with Crippen molar-refractivity contribution >= 4 is 0 Å². The predicted octanol–water partition coefficient (Wildman–Crippen LogP) is -4.67. The molecular weight excluding hydrogens is 382 g/mol. The number of rotatable bonds is 0. The summed E-state index contributed by atoms with van der Waals surface area (Å²) in [4.78, 5) is 0. The molecule has 0 saturated carbocycles. The Morgan fingerprint density at radius 1 is 0.571 bits per heavy atom. The summed E-state index contributed by atoms with van der Waals surface area (Å²) < 4.78 is 0. The Morgan fingerprint density at radius 2 is 0.571 bits per heavy atom. The summed E-state index contributed by atoms with van der Waals surface area (Å²) in [5, 5.41) is 30.4. The zero-order valence-electron chi connectivity index (χ0n) is 7.61. The molecule has 0 heterocycles. The molecule has 2 radical (unpaired) electrons. The average Bonchev–Trinajstić information content (AvgIpc) is 1.25. The van der Waals surface area contributed by atoms with Gasteiger partial charge in [0.05, 0.1) is 0 Å². The molecule has 12 N–H and O–H groups in total. The van der Waals surface area contributed by atoms with E-state index in [1.165, 1.54) is 13.8 Å². The largest absolute Gasteiger partial charge is 0.412 e. The first-order chi connectivity index (χ1) is 3.46. The minimum absolute atomic E-state index is 0. The van der Waals surface area contributed by atoms with Gasteiger partial charge in [-0.25, -0.2) is 0 Å². The van der Waals surface area contributed by atoms with Gasteiger partial charge in [-0.1, -0.05) is 0 Å². The Kier molecular flexibility index (Phi) is 209. The van der Waals surface area contributed by atoms with Crippen LogP contribution in [0.15, 0.2) is 0 Å². The Bertz CT molecular complexity index is 34.8. The van der Waals surface area contributed by atoms with Crippen LogP contribution < -0.4 is 0 Å². The molecule has 0 aliphatic rings. The first-order valence-corrected chi connectivity index (χ1v) is 2.19. The van der Waals surface area contributed by atoms with Gasteiger partial charge in [0.15, 0.2) is 0 Å². The first kappa shape index (κ1) is 60.3. The minimum atomic E-state index is -1.17. The molecule has 102 valence electrons. The van der Waals surface area contributed by atoms with Crippen LogP contribution in [0.25, 0.3) is 0 Å². The summed E-state index contributed by atoms with van der Waals surface area (Å²) >= 11 is 0. The number of aliphatic hydroxyl groups is 4. The molecule has 0 bridgehead atoms. The fourth-order valence-electron chi connectivity index (χ4n) is 0. The molecule has 0 fully saturated rings. The Morgan fingerprint density at radius 3 is 0.571 bits per heavy atom. The fraction of sp³-hybridized carbons (Fsp3) is 1.00. The maximum Gasteiger partial charge on any atom is 0.148 e. The van der Waals surface area contributed by atoms with E-state index < -0.39 is 12.6 Å². The Labute approximate surface area is 108 Å². The van der Waals surface area contributed by atoms with Crippen molar-refractivity contribution in [3.8, 4) is 0 Å². The summed E-state index contributed by atoms with van der Waals surface area (Å²) in [6.07, 6.45) is -2.33. The summed E-state index contributed by atoms with van der Waals surface area (Å²) in [7, 11) is 0. The van der Waals surface area contributed by atoms with Crippen molar-refractivity contribution in [3.05, 3.63) is 0 Å². The monoisotopic (exact) mass is 402 g/mol. The molecule has 8 nitrogen and oxygen atoms in total. The fourth-order valence-corrected chi connectivity index (χ4v) is 0. The molecule has 0 aliphatic carbocycles. The van der Waals surface area contributed by atoms with Crippen molar-refractivity contribution in [3.63, 3.8) is 0 Å². The van der Waals surface area contributed by atoms with Crippen molar-refractivity contribution < 1.29 is 81.3 Å². The summed E-state index contributed by atoms with van der Waals surface area (Å²) in [6.45, 7) is 2.56. The normalized spacial score (nSPS) is 5.14. The third-order valence-electron chi connectivity index (χ3n) is 0. The molecule has 0 aromatic rings. The summed E-state index contributed by atoms with van der Waals surface area (Å²) in [6, 6.07) is 0. The quantitative estimate of drug-likeness (QED) is 0.233.